The van der Waals surface area contributed by atoms with E-state index in [4.69, 9.17) is 5.11 Å². The molecule has 1 rings (SSSR count). The standard InChI is InChI=1S/C10H12BrNO2/c1-6-5-8(13)3-4-9(6)12-10(14)7(2)11/h3-5,7,13H,1-2H3,(H,12,14). The van der Waals surface area contributed by atoms with Crippen LogP contribution < -0.4 is 5.32 Å². The summed E-state index contributed by atoms with van der Waals surface area (Å²) in [4.78, 5) is 11.1. The van der Waals surface area contributed by atoms with E-state index in [-0.39, 0.29) is 16.5 Å². The highest BCUT2D eigenvalue weighted by atomic mass is 79.9. The van der Waals surface area contributed by atoms with Crippen LogP contribution in [0.25, 0.3) is 0 Å². The number of carbonyl (C=O) groups is 1. The van der Waals surface area contributed by atoms with Gasteiger partial charge in [-0.25, -0.2) is 0 Å². The molecule has 0 bridgehead atoms. The van der Waals surface area contributed by atoms with E-state index >= 15 is 0 Å². The second-order valence-electron chi connectivity index (χ2n) is 3.10. The predicted octanol–water partition coefficient (Wildman–Crippen LogP) is 2.42. The Kier molecular flexibility index (Phi) is 3.52. The first-order valence-electron chi connectivity index (χ1n) is 4.25. The van der Waals surface area contributed by atoms with Crippen LogP contribution in [0.1, 0.15) is 12.5 Å². The molecule has 1 unspecified atom stereocenters. The summed E-state index contributed by atoms with van der Waals surface area (Å²) < 4.78 is 0. The Morgan fingerprint density at radius 3 is 2.71 bits per heavy atom. The molecule has 0 fully saturated rings. The van der Waals surface area contributed by atoms with E-state index in [1.807, 2.05) is 6.92 Å². The molecule has 1 amide bonds. The molecule has 4 heteroatoms. The Morgan fingerprint density at radius 1 is 1.57 bits per heavy atom. The van der Waals surface area contributed by atoms with Crippen molar-refractivity contribution in [1.82, 2.24) is 0 Å². The Morgan fingerprint density at radius 2 is 2.21 bits per heavy atom. The van der Waals surface area contributed by atoms with Crippen molar-refractivity contribution < 1.29 is 9.90 Å². The molecular formula is C10H12BrNO2. The molecule has 1 atom stereocenters. The number of carbonyl (C=O) groups excluding carboxylic acids is 1. The maximum Gasteiger partial charge on any atom is 0.237 e. The molecule has 0 saturated heterocycles. The largest absolute Gasteiger partial charge is 0.508 e. The first kappa shape index (κ1) is 11.0. The van der Waals surface area contributed by atoms with E-state index in [9.17, 15) is 4.79 Å². The van der Waals surface area contributed by atoms with E-state index in [1.54, 1.807) is 25.1 Å². The zero-order valence-electron chi connectivity index (χ0n) is 8.04. The Hall–Kier alpha value is -1.03. The highest BCUT2D eigenvalue weighted by Gasteiger charge is 2.09. The number of amides is 1. The summed E-state index contributed by atoms with van der Waals surface area (Å²) in [5, 5.41) is 11.9. The number of phenols is 1. The highest BCUT2D eigenvalue weighted by molar-refractivity contribution is 9.10. The molecule has 0 aliphatic rings. The summed E-state index contributed by atoms with van der Waals surface area (Å²) in [6.07, 6.45) is 0. The number of aromatic hydroxyl groups is 1. The number of hydrogen-bond acceptors (Lipinski definition) is 2. The second kappa shape index (κ2) is 4.46. The first-order valence-corrected chi connectivity index (χ1v) is 5.17. The number of hydrogen-bond donors (Lipinski definition) is 2. The smallest absolute Gasteiger partial charge is 0.237 e. The molecule has 0 heterocycles. The zero-order chi connectivity index (χ0) is 10.7. The van der Waals surface area contributed by atoms with Crippen molar-refractivity contribution in [2.24, 2.45) is 0 Å². The van der Waals surface area contributed by atoms with Crippen molar-refractivity contribution in [3.8, 4) is 5.75 Å². The fraction of sp³-hybridized carbons (Fsp3) is 0.300. The van der Waals surface area contributed by atoms with Gasteiger partial charge < -0.3 is 10.4 Å². The molecular weight excluding hydrogens is 246 g/mol. The van der Waals surface area contributed by atoms with Crippen LogP contribution >= 0.6 is 15.9 Å². The van der Waals surface area contributed by atoms with Gasteiger partial charge in [-0.2, -0.15) is 0 Å². The second-order valence-corrected chi connectivity index (χ2v) is 4.48. The van der Waals surface area contributed by atoms with Gasteiger partial charge >= 0.3 is 0 Å². The van der Waals surface area contributed by atoms with Crippen molar-refractivity contribution in [3.63, 3.8) is 0 Å². The number of nitrogens with one attached hydrogen (secondary N) is 1. The van der Waals surface area contributed by atoms with E-state index in [0.717, 1.165) is 11.3 Å². The van der Waals surface area contributed by atoms with Crippen LogP contribution in [0.3, 0.4) is 0 Å². The van der Waals surface area contributed by atoms with Gasteiger partial charge in [0.15, 0.2) is 0 Å². The summed E-state index contributed by atoms with van der Waals surface area (Å²) >= 11 is 3.17. The predicted molar refractivity (Wildman–Crippen MR) is 59.9 cm³/mol. The van der Waals surface area contributed by atoms with Crippen LogP contribution in [-0.2, 0) is 4.79 Å². The molecule has 2 N–H and O–H groups in total. The lowest BCUT2D eigenvalue weighted by Crippen LogP contribution is -2.20. The van der Waals surface area contributed by atoms with Crippen molar-refractivity contribution in [2.45, 2.75) is 18.7 Å². The lowest BCUT2D eigenvalue weighted by atomic mass is 10.2. The SMILES string of the molecule is Cc1cc(O)ccc1NC(=O)C(C)Br. The van der Waals surface area contributed by atoms with Crippen LogP contribution in [0, 0.1) is 6.92 Å². The maximum atomic E-state index is 11.3. The summed E-state index contributed by atoms with van der Waals surface area (Å²) in [5.41, 5.74) is 1.56. The molecule has 0 radical (unpaired) electrons. The third-order valence-electron chi connectivity index (χ3n) is 1.83. The molecule has 1 aromatic rings. The maximum absolute atomic E-state index is 11.3. The quantitative estimate of drug-likeness (QED) is 0.632. The van der Waals surface area contributed by atoms with Gasteiger partial charge in [-0.1, -0.05) is 15.9 Å². The van der Waals surface area contributed by atoms with Crippen molar-refractivity contribution >= 4 is 27.5 Å². The van der Waals surface area contributed by atoms with Gasteiger partial charge in [0, 0.05) is 5.69 Å². The van der Waals surface area contributed by atoms with Crippen molar-refractivity contribution in [2.75, 3.05) is 5.32 Å². The molecule has 0 aromatic heterocycles. The highest BCUT2D eigenvalue weighted by Crippen LogP contribution is 2.20. The molecule has 0 spiro atoms. The van der Waals surface area contributed by atoms with Crippen LogP contribution in [0.5, 0.6) is 5.75 Å². The van der Waals surface area contributed by atoms with E-state index in [0.29, 0.717) is 0 Å². The topological polar surface area (TPSA) is 49.3 Å². The summed E-state index contributed by atoms with van der Waals surface area (Å²) in [5.74, 6) is 0.103. The zero-order valence-corrected chi connectivity index (χ0v) is 9.63. The molecule has 0 aliphatic heterocycles. The Balaban J connectivity index is 2.82. The summed E-state index contributed by atoms with van der Waals surface area (Å²) in [6.45, 7) is 3.58. The van der Waals surface area contributed by atoms with Crippen LogP contribution in [0.4, 0.5) is 5.69 Å². The average Bonchev–Trinajstić information content (AvgIpc) is 2.09. The Labute approximate surface area is 91.3 Å². The van der Waals surface area contributed by atoms with Crippen LogP contribution in [0.15, 0.2) is 18.2 Å². The number of anilines is 1. The average molecular weight is 258 g/mol. The lowest BCUT2D eigenvalue weighted by Gasteiger charge is -2.09. The normalized spacial score (nSPS) is 12.2. The minimum atomic E-state index is -0.226. The van der Waals surface area contributed by atoms with Gasteiger partial charge in [0.25, 0.3) is 0 Å². The molecule has 1 aromatic carbocycles. The van der Waals surface area contributed by atoms with Gasteiger partial charge in [0.2, 0.25) is 5.91 Å². The molecule has 76 valence electrons. The number of alkyl halides is 1. The van der Waals surface area contributed by atoms with Crippen LogP contribution in [0.2, 0.25) is 0 Å². The van der Waals surface area contributed by atoms with Gasteiger partial charge in [-0.3, -0.25) is 4.79 Å². The molecule has 14 heavy (non-hydrogen) atoms. The van der Waals surface area contributed by atoms with Crippen LogP contribution in [-0.4, -0.2) is 15.8 Å². The first-order chi connectivity index (χ1) is 6.50. The van der Waals surface area contributed by atoms with E-state index in [1.165, 1.54) is 0 Å². The van der Waals surface area contributed by atoms with Crippen molar-refractivity contribution in [1.29, 1.82) is 0 Å². The number of phenolic OH excluding ortho intramolecular Hbond substituents is 1. The summed E-state index contributed by atoms with van der Waals surface area (Å²) in [6, 6.07) is 4.83. The third kappa shape index (κ3) is 2.73. The number of benzene rings is 1. The molecule has 0 saturated carbocycles. The van der Waals surface area contributed by atoms with Gasteiger partial charge in [-0.15, -0.1) is 0 Å². The fourth-order valence-electron chi connectivity index (χ4n) is 1.02. The number of aryl methyl sites for hydroxylation is 1. The van der Waals surface area contributed by atoms with E-state index in [2.05, 4.69) is 21.2 Å². The third-order valence-corrected chi connectivity index (χ3v) is 2.24. The van der Waals surface area contributed by atoms with Gasteiger partial charge in [0.1, 0.15) is 5.75 Å². The molecule has 0 aliphatic carbocycles. The number of halogens is 1. The Bertz CT molecular complexity index is 350. The van der Waals surface area contributed by atoms with E-state index < -0.39 is 0 Å². The monoisotopic (exact) mass is 257 g/mol. The van der Waals surface area contributed by atoms with Gasteiger partial charge in [0.05, 0.1) is 4.83 Å². The number of rotatable bonds is 2. The van der Waals surface area contributed by atoms with Gasteiger partial charge in [-0.05, 0) is 37.6 Å². The minimum Gasteiger partial charge on any atom is -0.508 e. The molecule has 3 nitrogen and oxygen atoms in total. The summed E-state index contributed by atoms with van der Waals surface area (Å²) in [7, 11) is 0. The minimum absolute atomic E-state index is 0.0983. The van der Waals surface area contributed by atoms with Crippen molar-refractivity contribution in [3.05, 3.63) is 23.8 Å². The lowest BCUT2D eigenvalue weighted by molar-refractivity contribution is -0.115. The fourth-order valence-corrected chi connectivity index (χ4v) is 1.13.